The van der Waals surface area contributed by atoms with Crippen molar-refractivity contribution in [1.29, 1.82) is 0 Å². The molecule has 200 valence electrons. The van der Waals surface area contributed by atoms with Crippen LogP contribution in [0.1, 0.15) is 24.3 Å². The lowest BCUT2D eigenvalue weighted by molar-refractivity contribution is 0.0325. The third-order valence-electron chi connectivity index (χ3n) is 6.97. The molecule has 1 aliphatic rings. The zero-order chi connectivity index (χ0) is 27.2. The minimum absolute atomic E-state index is 0.231. The molecule has 0 spiro atoms. The number of aromatic nitrogens is 3. The number of para-hydroxylation sites is 1. The lowest BCUT2D eigenvalue weighted by Gasteiger charge is -2.35. The summed E-state index contributed by atoms with van der Waals surface area (Å²) in [5.41, 5.74) is 4.14. The maximum absolute atomic E-state index is 15.2. The molecule has 1 unspecified atom stereocenters. The van der Waals surface area contributed by atoms with Crippen molar-refractivity contribution in [3.8, 4) is 11.3 Å². The number of urea groups is 1. The molecule has 1 aliphatic heterocycles. The predicted molar refractivity (Wildman–Crippen MR) is 152 cm³/mol. The summed E-state index contributed by atoms with van der Waals surface area (Å²) in [5.74, 6) is 0.231. The number of hydrogen-bond acceptors (Lipinski definition) is 6. The van der Waals surface area contributed by atoms with E-state index in [1.807, 2.05) is 48.2 Å². The van der Waals surface area contributed by atoms with Crippen LogP contribution in [-0.2, 0) is 0 Å². The number of pyridine rings is 1. The first-order valence-corrected chi connectivity index (χ1v) is 13.1. The first-order valence-electron chi connectivity index (χ1n) is 13.1. The Bertz CT molecular complexity index is 1390. The highest BCUT2D eigenvalue weighted by atomic mass is 19.1. The molecule has 39 heavy (non-hydrogen) atoms. The second kappa shape index (κ2) is 12.1. The molecule has 9 heteroatoms. The van der Waals surface area contributed by atoms with Crippen molar-refractivity contribution in [2.75, 3.05) is 42.9 Å². The third kappa shape index (κ3) is 6.10. The summed E-state index contributed by atoms with van der Waals surface area (Å²) < 4.78 is 15.2. The van der Waals surface area contributed by atoms with E-state index in [9.17, 15) is 4.79 Å². The van der Waals surface area contributed by atoms with Crippen LogP contribution in [0.4, 0.5) is 26.5 Å². The fourth-order valence-electron chi connectivity index (χ4n) is 4.68. The molecule has 1 fully saturated rings. The average molecular weight is 526 g/mol. The van der Waals surface area contributed by atoms with Gasteiger partial charge in [0.1, 0.15) is 0 Å². The number of piperazine rings is 1. The van der Waals surface area contributed by atoms with Crippen molar-refractivity contribution in [3.63, 3.8) is 0 Å². The molecule has 2 amide bonds. The number of rotatable bonds is 7. The summed E-state index contributed by atoms with van der Waals surface area (Å²) in [6.45, 7) is 8.15. The van der Waals surface area contributed by atoms with E-state index < -0.39 is 12.3 Å². The number of hydrogen-bond donors (Lipinski definition) is 1. The number of amides is 2. The van der Waals surface area contributed by atoms with Crippen molar-refractivity contribution >= 4 is 23.4 Å². The van der Waals surface area contributed by atoms with Gasteiger partial charge in [-0.1, -0.05) is 37.3 Å². The normalized spacial score (nSPS) is 15.1. The Morgan fingerprint density at radius 1 is 1.00 bits per heavy atom. The number of carbonyl (C=O) groups excluding carboxylic acids is 1. The second-order valence-electron chi connectivity index (χ2n) is 9.46. The maximum Gasteiger partial charge on any atom is 0.333 e. The van der Waals surface area contributed by atoms with Gasteiger partial charge in [0, 0.05) is 61.6 Å². The fraction of sp³-hybridized carbons (Fsp3) is 0.267. The van der Waals surface area contributed by atoms with Gasteiger partial charge in [-0.05, 0) is 55.4 Å². The summed E-state index contributed by atoms with van der Waals surface area (Å²) in [4.78, 5) is 32.6. The number of nitrogens with zero attached hydrogens (tertiary/aromatic N) is 6. The van der Waals surface area contributed by atoms with Gasteiger partial charge in [-0.2, -0.15) is 0 Å². The molecule has 8 nitrogen and oxygen atoms in total. The zero-order valence-corrected chi connectivity index (χ0v) is 22.2. The van der Waals surface area contributed by atoms with E-state index in [2.05, 4.69) is 32.1 Å². The van der Waals surface area contributed by atoms with E-state index in [4.69, 9.17) is 0 Å². The van der Waals surface area contributed by atoms with Crippen LogP contribution in [0.15, 0.2) is 85.3 Å². The molecule has 2 aromatic carbocycles. The summed E-state index contributed by atoms with van der Waals surface area (Å²) >= 11 is 0. The summed E-state index contributed by atoms with van der Waals surface area (Å²) in [6.07, 6.45) is 3.86. The topological polar surface area (TPSA) is 77.5 Å². The molecule has 0 saturated carbocycles. The number of aryl methyl sites for hydroxylation is 1. The standard InChI is InChI=1S/C30H32FN7O/c1-3-36-17-19-37(20-18-36)28(31)23-10-12-25(13-11-23)34-30(39)38(27-9-5-4-7-22(27)2)29-33-16-14-26(35-29)24-8-6-15-32-21-24/h4-16,21,28H,3,17-20H2,1-2H3,(H,34,39). The minimum atomic E-state index is -1.18. The van der Waals surface area contributed by atoms with Gasteiger partial charge in [0.25, 0.3) is 0 Å². The van der Waals surface area contributed by atoms with Gasteiger partial charge in [-0.3, -0.25) is 9.88 Å². The van der Waals surface area contributed by atoms with Crippen LogP contribution < -0.4 is 10.2 Å². The SMILES string of the molecule is CCN1CCN(C(F)c2ccc(NC(=O)N(c3nccc(-c4cccnc4)n3)c3ccccc3C)cc2)CC1. The Labute approximate surface area is 228 Å². The van der Waals surface area contributed by atoms with Crippen LogP contribution in [0.3, 0.4) is 0 Å². The molecular formula is C30H32FN7O. The van der Waals surface area contributed by atoms with Gasteiger partial charge in [-0.25, -0.2) is 24.1 Å². The van der Waals surface area contributed by atoms with E-state index in [1.165, 1.54) is 4.90 Å². The summed E-state index contributed by atoms with van der Waals surface area (Å²) in [6, 6.07) is 19.6. The Morgan fingerprint density at radius 3 is 2.46 bits per heavy atom. The number of halogens is 1. The highest BCUT2D eigenvalue weighted by Gasteiger charge is 2.25. The van der Waals surface area contributed by atoms with E-state index in [0.717, 1.165) is 30.8 Å². The molecule has 1 saturated heterocycles. The first-order chi connectivity index (χ1) is 19.0. The lowest BCUT2D eigenvalue weighted by Crippen LogP contribution is -2.46. The largest absolute Gasteiger partial charge is 0.333 e. The van der Waals surface area contributed by atoms with E-state index in [0.29, 0.717) is 35.7 Å². The Hall–Kier alpha value is -4.21. The number of nitrogens with one attached hydrogen (secondary N) is 1. The van der Waals surface area contributed by atoms with Crippen LogP contribution in [0.5, 0.6) is 0 Å². The van der Waals surface area contributed by atoms with Crippen molar-refractivity contribution in [2.24, 2.45) is 0 Å². The molecule has 3 heterocycles. The van der Waals surface area contributed by atoms with Gasteiger partial charge >= 0.3 is 6.03 Å². The lowest BCUT2D eigenvalue weighted by atomic mass is 10.1. The maximum atomic E-state index is 15.2. The number of anilines is 3. The average Bonchev–Trinajstić information content (AvgIpc) is 2.99. The molecule has 5 rings (SSSR count). The van der Waals surface area contributed by atoms with E-state index in [-0.39, 0.29) is 5.95 Å². The number of benzene rings is 2. The van der Waals surface area contributed by atoms with E-state index >= 15 is 4.39 Å². The molecule has 4 aromatic rings. The predicted octanol–water partition coefficient (Wildman–Crippen LogP) is 5.82. The number of carbonyl (C=O) groups is 1. The molecule has 1 N–H and O–H groups in total. The highest BCUT2D eigenvalue weighted by Crippen LogP contribution is 2.29. The van der Waals surface area contributed by atoms with Crippen molar-refractivity contribution in [1.82, 2.24) is 24.8 Å². The molecular weight excluding hydrogens is 493 g/mol. The Morgan fingerprint density at radius 2 is 1.77 bits per heavy atom. The summed E-state index contributed by atoms with van der Waals surface area (Å²) in [7, 11) is 0. The Kier molecular flexibility index (Phi) is 8.19. The van der Waals surface area contributed by atoms with Crippen molar-refractivity contribution in [2.45, 2.75) is 20.1 Å². The molecule has 0 bridgehead atoms. The minimum Gasteiger partial charge on any atom is -0.307 e. The fourth-order valence-corrected chi connectivity index (χ4v) is 4.68. The monoisotopic (exact) mass is 525 g/mol. The van der Waals surface area contributed by atoms with Crippen LogP contribution in [0, 0.1) is 6.92 Å². The van der Waals surface area contributed by atoms with Crippen molar-refractivity contribution < 1.29 is 9.18 Å². The van der Waals surface area contributed by atoms with Gasteiger partial charge < -0.3 is 10.2 Å². The smallest absolute Gasteiger partial charge is 0.307 e. The highest BCUT2D eigenvalue weighted by molar-refractivity contribution is 6.06. The molecule has 0 radical (unpaired) electrons. The quantitative estimate of drug-likeness (QED) is 0.306. The van der Waals surface area contributed by atoms with Crippen LogP contribution >= 0.6 is 0 Å². The third-order valence-corrected chi connectivity index (χ3v) is 6.97. The van der Waals surface area contributed by atoms with Gasteiger partial charge in [-0.15, -0.1) is 0 Å². The van der Waals surface area contributed by atoms with Crippen LogP contribution in [-0.4, -0.2) is 63.5 Å². The summed E-state index contributed by atoms with van der Waals surface area (Å²) in [5, 5.41) is 2.94. The van der Waals surface area contributed by atoms with Gasteiger partial charge in [0.15, 0.2) is 6.30 Å². The van der Waals surface area contributed by atoms with E-state index in [1.54, 1.807) is 48.9 Å². The first kappa shape index (κ1) is 26.4. The van der Waals surface area contributed by atoms with Crippen molar-refractivity contribution in [3.05, 3.63) is 96.4 Å². The zero-order valence-electron chi connectivity index (χ0n) is 22.2. The number of alkyl halides is 1. The Balaban J connectivity index is 1.37. The molecule has 2 aromatic heterocycles. The van der Waals surface area contributed by atoms with Gasteiger partial charge in [0.2, 0.25) is 5.95 Å². The molecule has 0 aliphatic carbocycles. The van der Waals surface area contributed by atoms with Gasteiger partial charge in [0.05, 0.1) is 11.4 Å². The van der Waals surface area contributed by atoms with Crippen LogP contribution in [0.2, 0.25) is 0 Å². The second-order valence-corrected chi connectivity index (χ2v) is 9.46. The molecule has 1 atom stereocenters. The van der Waals surface area contributed by atoms with Crippen LogP contribution in [0.25, 0.3) is 11.3 Å². The number of likely N-dealkylation sites (N-methyl/N-ethyl adjacent to an activating group) is 1.